The van der Waals surface area contributed by atoms with E-state index in [1.807, 2.05) is 42.5 Å². The van der Waals surface area contributed by atoms with Gasteiger partial charge in [0.15, 0.2) is 0 Å². The highest BCUT2D eigenvalue weighted by Gasteiger charge is 2.25. The van der Waals surface area contributed by atoms with Gasteiger partial charge in [-0.05, 0) is 54.7 Å². The first kappa shape index (κ1) is 26.7. The third-order valence-electron chi connectivity index (χ3n) is 6.82. The number of fused-ring (bicyclic) bond motifs is 1. The molecule has 0 aliphatic carbocycles. The molecule has 2 N–H and O–H groups in total. The molecule has 0 spiro atoms. The average Bonchev–Trinajstić information content (AvgIpc) is 3.35. The normalized spacial score (nSPS) is 12.8. The molecular weight excluding hydrogens is 508 g/mol. The molecule has 4 aromatic rings. The number of nitrogens with zero attached hydrogens (tertiary/aromatic N) is 1. The SMILES string of the molecule is O=C(O)CCCOc1cc(C(=O)N2CCCCc3occc32)ccc1NC(=O)c1ccccc1-c1ccccc1. The molecule has 40 heavy (non-hydrogen) atoms. The number of hydrogen-bond acceptors (Lipinski definition) is 5. The van der Waals surface area contributed by atoms with Crippen molar-refractivity contribution >= 4 is 29.2 Å². The summed E-state index contributed by atoms with van der Waals surface area (Å²) in [6.07, 6.45) is 4.38. The zero-order valence-electron chi connectivity index (χ0n) is 22.0. The zero-order chi connectivity index (χ0) is 27.9. The molecule has 5 rings (SSSR count). The summed E-state index contributed by atoms with van der Waals surface area (Å²) >= 11 is 0. The summed E-state index contributed by atoms with van der Waals surface area (Å²) in [6, 6.07) is 23.7. The van der Waals surface area contributed by atoms with Crippen LogP contribution in [-0.2, 0) is 11.2 Å². The number of hydrogen-bond donors (Lipinski definition) is 2. The van der Waals surface area contributed by atoms with Gasteiger partial charge in [-0.2, -0.15) is 0 Å². The molecule has 1 aliphatic rings. The van der Waals surface area contributed by atoms with E-state index in [1.54, 1.807) is 47.6 Å². The van der Waals surface area contributed by atoms with Crippen LogP contribution in [0.15, 0.2) is 89.5 Å². The lowest BCUT2D eigenvalue weighted by Crippen LogP contribution is -2.31. The molecule has 8 heteroatoms. The van der Waals surface area contributed by atoms with E-state index >= 15 is 0 Å². The van der Waals surface area contributed by atoms with Gasteiger partial charge in [0, 0.05) is 36.6 Å². The van der Waals surface area contributed by atoms with Crippen LogP contribution in [-0.4, -0.2) is 36.0 Å². The number of carboxylic acid groups (broad SMARTS) is 1. The highest BCUT2D eigenvalue weighted by molar-refractivity contribution is 6.10. The Balaban J connectivity index is 1.43. The van der Waals surface area contributed by atoms with Crippen molar-refractivity contribution in [2.45, 2.75) is 32.1 Å². The van der Waals surface area contributed by atoms with Gasteiger partial charge in [0.25, 0.3) is 11.8 Å². The average molecular weight is 539 g/mol. The number of carboxylic acids is 1. The van der Waals surface area contributed by atoms with Crippen LogP contribution in [0.3, 0.4) is 0 Å². The summed E-state index contributed by atoms with van der Waals surface area (Å²) in [7, 11) is 0. The fourth-order valence-corrected chi connectivity index (χ4v) is 4.83. The molecular formula is C32H30N2O6. The maximum Gasteiger partial charge on any atom is 0.303 e. The minimum Gasteiger partial charge on any atom is -0.491 e. The molecule has 1 aliphatic heterocycles. The van der Waals surface area contributed by atoms with Gasteiger partial charge in [0.2, 0.25) is 0 Å². The van der Waals surface area contributed by atoms with Gasteiger partial charge in [-0.3, -0.25) is 14.4 Å². The lowest BCUT2D eigenvalue weighted by molar-refractivity contribution is -0.137. The molecule has 2 heterocycles. The lowest BCUT2D eigenvalue weighted by Gasteiger charge is -2.21. The standard InChI is InChI=1S/C32H30N2O6/c35-30(36)14-8-19-39-29-21-23(32(38)34-18-7-6-13-28-27(34)17-20-40-28)15-16-26(29)33-31(37)25-12-5-4-11-24(25)22-9-2-1-3-10-22/h1-5,9-12,15-17,20-21H,6-8,13-14,18-19H2,(H,33,37)(H,35,36). The predicted octanol–water partition coefficient (Wildman–Crippen LogP) is 6.43. The zero-order valence-corrected chi connectivity index (χ0v) is 22.0. The number of benzene rings is 3. The van der Waals surface area contributed by atoms with Gasteiger partial charge in [-0.25, -0.2) is 0 Å². The van der Waals surface area contributed by atoms with Gasteiger partial charge in [-0.1, -0.05) is 48.5 Å². The number of amides is 2. The second kappa shape index (κ2) is 12.3. The van der Waals surface area contributed by atoms with Crippen LogP contribution in [0.4, 0.5) is 11.4 Å². The number of aliphatic carboxylic acids is 1. The number of furan rings is 1. The summed E-state index contributed by atoms with van der Waals surface area (Å²) in [5.74, 6) is -0.367. The van der Waals surface area contributed by atoms with Crippen molar-refractivity contribution in [2.24, 2.45) is 0 Å². The highest BCUT2D eigenvalue weighted by Crippen LogP contribution is 2.32. The van der Waals surface area contributed by atoms with Crippen LogP contribution in [0.25, 0.3) is 11.1 Å². The van der Waals surface area contributed by atoms with Crippen LogP contribution in [0.2, 0.25) is 0 Å². The summed E-state index contributed by atoms with van der Waals surface area (Å²) in [4.78, 5) is 39.8. The van der Waals surface area contributed by atoms with Gasteiger partial charge in [0.05, 0.1) is 24.2 Å². The van der Waals surface area contributed by atoms with Crippen LogP contribution < -0.4 is 15.0 Å². The second-order valence-corrected chi connectivity index (χ2v) is 9.57. The van der Waals surface area contributed by atoms with E-state index in [1.165, 1.54) is 0 Å². The van der Waals surface area contributed by atoms with Crippen molar-refractivity contribution in [3.05, 3.63) is 102 Å². The lowest BCUT2D eigenvalue weighted by atomic mass is 9.99. The first-order valence-corrected chi connectivity index (χ1v) is 13.3. The minimum absolute atomic E-state index is 0.0538. The van der Waals surface area contributed by atoms with Gasteiger partial charge in [0.1, 0.15) is 11.5 Å². The number of nitrogens with one attached hydrogen (secondary N) is 1. The van der Waals surface area contributed by atoms with E-state index in [2.05, 4.69) is 5.32 Å². The van der Waals surface area contributed by atoms with Crippen molar-refractivity contribution in [3.63, 3.8) is 0 Å². The monoisotopic (exact) mass is 538 g/mol. The Hall–Kier alpha value is -4.85. The van der Waals surface area contributed by atoms with Crippen molar-refractivity contribution in [1.29, 1.82) is 0 Å². The molecule has 2 amide bonds. The Kier molecular flexibility index (Phi) is 8.25. The number of carbonyl (C=O) groups is 3. The van der Waals surface area contributed by atoms with Crippen molar-refractivity contribution in [3.8, 4) is 16.9 Å². The van der Waals surface area contributed by atoms with Crippen molar-refractivity contribution in [1.82, 2.24) is 0 Å². The van der Waals surface area contributed by atoms with Gasteiger partial charge >= 0.3 is 5.97 Å². The number of rotatable bonds is 9. The molecule has 0 bridgehead atoms. The van der Waals surface area contributed by atoms with E-state index in [-0.39, 0.29) is 31.3 Å². The van der Waals surface area contributed by atoms with Gasteiger partial charge < -0.3 is 24.5 Å². The minimum atomic E-state index is -0.921. The Morgan fingerprint density at radius 2 is 1.75 bits per heavy atom. The second-order valence-electron chi connectivity index (χ2n) is 9.57. The maximum atomic E-state index is 13.6. The van der Waals surface area contributed by atoms with Crippen molar-refractivity contribution in [2.75, 3.05) is 23.4 Å². The van der Waals surface area contributed by atoms with E-state index in [9.17, 15) is 14.4 Å². The fourth-order valence-electron chi connectivity index (χ4n) is 4.83. The summed E-state index contributed by atoms with van der Waals surface area (Å²) < 4.78 is 11.5. The number of ether oxygens (including phenoxy) is 1. The molecule has 0 atom stereocenters. The molecule has 8 nitrogen and oxygen atoms in total. The first-order valence-electron chi connectivity index (χ1n) is 13.3. The molecule has 1 aromatic heterocycles. The Morgan fingerprint density at radius 3 is 2.58 bits per heavy atom. The van der Waals surface area contributed by atoms with Crippen LogP contribution in [0.1, 0.15) is 52.2 Å². The van der Waals surface area contributed by atoms with Crippen LogP contribution in [0, 0.1) is 0 Å². The predicted molar refractivity (Wildman–Crippen MR) is 152 cm³/mol. The molecule has 0 radical (unpaired) electrons. The Morgan fingerprint density at radius 1 is 0.950 bits per heavy atom. The summed E-state index contributed by atoms with van der Waals surface area (Å²) in [5, 5.41) is 11.9. The van der Waals surface area contributed by atoms with E-state index in [0.29, 0.717) is 29.1 Å². The van der Waals surface area contributed by atoms with Crippen LogP contribution >= 0.6 is 0 Å². The summed E-state index contributed by atoms with van der Waals surface area (Å²) in [6.45, 7) is 0.679. The molecule has 204 valence electrons. The smallest absolute Gasteiger partial charge is 0.303 e. The van der Waals surface area contributed by atoms with E-state index in [4.69, 9.17) is 14.3 Å². The number of anilines is 2. The quantitative estimate of drug-likeness (QED) is 0.238. The molecule has 3 aromatic carbocycles. The Labute approximate surface area is 232 Å². The third kappa shape index (κ3) is 6.07. The number of carbonyl (C=O) groups excluding carboxylic acids is 2. The van der Waals surface area contributed by atoms with E-state index < -0.39 is 5.97 Å². The van der Waals surface area contributed by atoms with Crippen molar-refractivity contribution < 1.29 is 28.6 Å². The first-order chi connectivity index (χ1) is 19.5. The molecule has 0 saturated carbocycles. The van der Waals surface area contributed by atoms with Crippen LogP contribution in [0.5, 0.6) is 5.75 Å². The molecule has 0 fully saturated rings. The topological polar surface area (TPSA) is 109 Å². The van der Waals surface area contributed by atoms with Gasteiger partial charge in [-0.15, -0.1) is 0 Å². The molecule has 0 unspecified atom stereocenters. The molecule has 0 saturated heterocycles. The summed E-state index contributed by atoms with van der Waals surface area (Å²) in [5.41, 5.74) is 3.73. The third-order valence-corrected chi connectivity index (χ3v) is 6.82. The Bertz CT molecular complexity index is 1510. The largest absolute Gasteiger partial charge is 0.491 e. The van der Waals surface area contributed by atoms with E-state index in [0.717, 1.165) is 41.8 Å². The maximum absolute atomic E-state index is 13.6. The fraction of sp³-hybridized carbons (Fsp3) is 0.219. The number of aryl methyl sites for hydroxylation is 1. The highest BCUT2D eigenvalue weighted by atomic mass is 16.5.